The van der Waals surface area contributed by atoms with Gasteiger partial charge in [-0.3, -0.25) is 13.9 Å². The van der Waals surface area contributed by atoms with Crippen LogP contribution in [0.4, 0.5) is 10.1 Å². The summed E-state index contributed by atoms with van der Waals surface area (Å²) in [5.41, 5.74) is 0.798. The summed E-state index contributed by atoms with van der Waals surface area (Å²) >= 11 is 0. The zero-order valence-electron chi connectivity index (χ0n) is 23.9. The molecule has 0 aliphatic heterocycles. The van der Waals surface area contributed by atoms with Crippen LogP contribution in [0.3, 0.4) is 0 Å². The van der Waals surface area contributed by atoms with Crippen molar-refractivity contribution in [2.45, 2.75) is 64.1 Å². The van der Waals surface area contributed by atoms with Crippen LogP contribution in [0.25, 0.3) is 0 Å². The highest BCUT2D eigenvalue weighted by Crippen LogP contribution is 2.33. The predicted octanol–water partition coefficient (Wildman–Crippen LogP) is 5.14. The summed E-state index contributed by atoms with van der Waals surface area (Å²) < 4.78 is 48.4. The number of nitrogens with one attached hydrogen (secondary N) is 1. The summed E-state index contributed by atoms with van der Waals surface area (Å²) in [6.07, 6.45) is 0.988. The van der Waals surface area contributed by atoms with Crippen molar-refractivity contribution in [3.63, 3.8) is 0 Å². The molecular weight excluding hydrogens is 545 g/mol. The minimum absolute atomic E-state index is 0.00532. The maximum Gasteiger partial charge on any atom is 0.264 e. The van der Waals surface area contributed by atoms with Crippen LogP contribution in [0.15, 0.2) is 83.8 Å². The Labute approximate surface area is 242 Å². The SMILES string of the molecule is CCOc1ccccc1N(CC(=O)N(Cc1ccc(F)cc1)C(CC)C(=O)NC(C)CC)S(=O)(=O)c1ccccc1. The lowest BCUT2D eigenvalue weighted by molar-refractivity contribution is -0.140. The molecule has 0 fully saturated rings. The van der Waals surface area contributed by atoms with Gasteiger partial charge in [-0.2, -0.15) is 0 Å². The van der Waals surface area contributed by atoms with Crippen molar-refractivity contribution in [1.82, 2.24) is 10.2 Å². The van der Waals surface area contributed by atoms with Crippen molar-refractivity contribution >= 4 is 27.5 Å². The smallest absolute Gasteiger partial charge is 0.264 e. The molecule has 2 atom stereocenters. The van der Waals surface area contributed by atoms with Gasteiger partial charge in [-0.1, -0.05) is 56.3 Å². The van der Waals surface area contributed by atoms with E-state index in [0.29, 0.717) is 17.7 Å². The summed E-state index contributed by atoms with van der Waals surface area (Å²) in [7, 11) is -4.22. The number of sulfonamides is 1. The summed E-state index contributed by atoms with van der Waals surface area (Å²) in [5, 5.41) is 2.93. The Balaban J connectivity index is 2.09. The van der Waals surface area contributed by atoms with Crippen molar-refractivity contribution in [3.05, 3.63) is 90.2 Å². The van der Waals surface area contributed by atoms with Crippen LogP contribution < -0.4 is 14.4 Å². The number of amides is 2. The highest BCUT2D eigenvalue weighted by molar-refractivity contribution is 7.92. The molecule has 0 spiro atoms. The first-order valence-corrected chi connectivity index (χ1v) is 15.2. The van der Waals surface area contributed by atoms with Crippen molar-refractivity contribution in [1.29, 1.82) is 0 Å². The standard InChI is InChI=1S/C31H38FN3O5S/c1-5-23(4)33-31(37)27(6-2)34(21-24-17-19-25(32)20-18-24)30(36)22-35(28-15-11-12-16-29(28)40-7-3)41(38,39)26-13-9-8-10-14-26/h8-20,23,27H,5-7,21-22H2,1-4H3,(H,33,37). The lowest BCUT2D eigenvalue weighted by atomic mass is 10.1. The third kappa shape index (κ3) is 8.07. The number of carbonyl (C=O) groups is 2. The van der Waals surface area contributed by atoms with Gasteiger partial charge >= 0.3 is 0 Å². The summed E-state index contributed by atoms with van der Waals surface area (Å²) in [4.78, 5) is 28.8. The molecule has 0 heterocycles. The Morgan fingerprint density at radius 1 is 0.902 bits per heavy atom. The van der Waals surface area contributed by atoms with Crippen molar-refractivity contribution < 1.29 is 27.1 Å². The highest BCUT2D eigenvalue weighted by atomic mass is 32.2. The molecule has 8 nitrogen and oxygen atoms in total. The van der Waals surface area contributed by atoms with Crippen molar-refractivity contribution in [2.24, 2.45) is 0 Å². The Kier molecular flexibility index (Phi) is 11.3. The van der Waals surface area contributed by atoms with E-state index >= 15 is 0 Å². The molecule has 0 aliphatic rings. The van der Waals surface area contributed by atoms with Gasteiger partial charge in [-0.25, -0.2) is 12.8 Å². The van der Waals surface area contributed by atoms with Crippen molar-refractivity contribution in [2.75, 3.05) is 17.5 Å². The number of ether oxygens (including phenoxy) is 1. The summed E-state index contributed by atoms with van der Waals surface area (Å²) in [6.45, 7) is 7.06. The fraction of sp³-hybridized carbons (Fsp3) is 0.355. The van der Waals surface area contributed by atoms with Crippen LogP contribution in [-0.4, -0.2) is 50.4 Å². The van der Waals surface area contributed by atoms with Gasteiger partial charge in [0.25, 0.3) is 10.0 Å². The summed E-state index contributed by atoms with van der Waals surface area (Å²) in [5.74, 6) is -1.06. The second-order valence-corrected chi connectivity index (χ2v) is 11.5. The van der Waals surface area contributed by atoms with E-state index in [2.05, 4.69) is 5.32 Å². The van der Waals surface area contributed by atoms with E-state index in [0.717, 1.165) is 4.31 Å². The van der Waals surface area contributed by atoms with Crippen LogP contribution in [-0.2, 0) is 26.2 Å². The van der Waals surface area contributed by atoms with Crippen LogP contribution in [0.1, 0.15) is 46.1 Å². The Morgan fingerprint density at radius 2 is 1.54 bits per heavy atom. The second-order valence-electron chi connectivity index (χ2n) is 9.62. The lowest BCUT2D eigenvalue weighted by Gasteiger charge is -2.34. The Hall–Kier alpha value is -3.92. The predicted molar refractivity (Wildman–Crippen MR) is 158 cm³/mol. The number of para-hydroxylation sites is 2. The molecule has 0 aromatic heterocycles. The third-order valence-corrected chi connectivity index (χ3v) is 8.47. The normalized spacial score (nSPS) is 12.7. The molecule has 0 bridgehead atoms. The molecule has 0 saturated heterocycles. The molecule has 0 radical (unpaired) electrons. The van der Waals surface area contributed by atoms with Gasteiger partial charge in [-0.05, 0) is 68.7 Å². The maximum atomic E-state index is 14.1. The van der Waals surface area contributed by atoms with Crippen LogP contribution >= 0.6 is 0 Å². The molecule has 10 heteroatoms. The van der Waals surface area contributed by atoms with Crippen LogP contribution in [0.5, 0.6) is 5.75 Å². The van der Waals surface area contributed by atoms with Crippen molar-refractivity contribution in [3.8, 4) is 5.75 Å². The first-order chi connectivity index (χ1) is 19.6. The number of rotatable bonds is 14. The molecular formula is C31H38FN3O5S. The summed E-state index contributed by atoms with van der Waals surface area (Å²) in [6, 6.07) is 19.1. The first kappa shape index (κ1) is 31.6. The number of carbonyl (C=O) groups excluding carboxylic acids is 2. The number of hydrogen-bond acceptors (Lipinski definition) is 5. The molecule has 3 aromatic rings. The maximum absolute atomic E-state index is 14.1. The Bertz CT molecular complexity index is 1400. The molecule has 220 valence electrons. The molecule has 1 N–H and O–H groups in total. The van der Waals surface area contributed by atoms with Gasteiger partial charge in [0.05, 0.1) is 17.2 Å². The van der Waals surface area contributed by atoms with E-state index in [1.54, 1.807) is 56.3 Å². The van der Waals surface area contributed by atoms with Crippen LogP contribution in [0.2, 0.25) is 0 Å². The van der Waals surface area contributed by atoms with E-state index < -0.39 is 34.3 Å². The minimum atomic E-state index is -4.22. The largest absolute Gasteiger partial charge is 0.492 e. The molecule has 3 rings (SSSR count). The lowest BCUT2D eigenvalue weighted by Crippen LogP contribution is -2.53. The first-order valence-electron chi connectivity index (χ1n) is 13.8. The monoisotopic (exact) mass is 583 g/mol. The van der Waals surface area contributed by atoms with E-state index in [1.807, 2.05) is 13.8 Å². The molecule has 0 saturated carbocycles. The third-order valence-electron chi connectivity index (χ3n) is 6.70. The van der Waals surface area contributed by atoms with Gasteiger partial charge in [-0.15, -0.1) is 0 Å². The molecule has 41 heavy (non-hydrogen) atoms. The Morgan fingerprint density at radius 3 is 2.15 bits per heavy atom. The van der Waals surface area contributed by atoms with E-state index in [4.69, 9.17) is 4.74 Å². The zero-order chi connectivity index (χ0) is 30.0. The topological polar surface area (TPSA) is 96.0 Å². The van der Waals surface area contributed by atoms with Crippen LogP contribution in [0, 0.1) is 5.82 Å². The van der Waals surface area contributed by atoms with E-state index in [-0.39, 0.29) is 42.1 Å². The van der Waals surface area contributed by atoms with E-state index in [1.165, 1.54) is 41.3 Å². The van der Waals surface area contributed by atoms with Gasteiger partial charge < -0.3 is 15.0 Å². The average molecular weight is 584 g/mol. The molecule has 2 amide bonds. The molecule has 2 unspecified atom stereocenters. The van der Waals surface area contributed by atoms with Gasteiger partial charge in [0.1, 0.15) is 24.2 Å². The minimum Gasteiger partial charge on any atom is -0.492 e. The average Bonchev–Trinajstić information content (AvgIpc) is 2.97. The molecule has 3 aromatic carbocycles. The fourth-order valence-corrected chi connectivity index (χ4v) is 5.77. The number of anilines is 1. The van der Waals surface area contributed by atoms with E-state index in [9.17, 15) is 22.4 Å². The highest BCUT2D eigenvalue weighted by Gasteiger charge is 2.35. The quantitative estimate of drug-likeness (QED) is 0.284. The molecule has 0 aliphatic carbocycles. The number of halogens is 1. The fourth-order valence-electron chi connectivity index (χ4n) is 4.32. The van der Waals surface area contributed by atoms with Gasteiger partial charge in [0.15, 0.2) is 0 Å². The number of benzene rings is 3. The number of nitrogens with zero attached hydrogens (tertiary/aromatic N) is 2. The van der Waals surface area contributed by atoms with Gasteiger partial charge in [0.2, 0.25) is 11.8 Å². The second kappa shape index (κ2) is 14.6. The zero-order valence-corrected chi connectivity index (χ0v) is 24.7. The van der Waals surface area contributed by atoms with Gasteiger partial charge in [0, 0.05) is 12.6 Å². The number of hydrogen-bond donors (Lipinski definition) is 1.